The van der Waals surface area contributed by atoms with Crippen LogP contribution in [0, 0.1) is 0 Å². The number of nitrogens with zero attached hydrogens (tertiary/aromatic N) is 2. The Hall–Kier alpha value is -1.76. The number of hydrogen-bond donors (Lipinski definition) is 1. The van der Waals surface area contributed by atoms with Crippen LogP contribution in [0.4, 0.5) is 18.9 Å². The first-order chi connectivity index (χ1) is 9.20. The molecule has 1 aliphatic heterocycles. The van der Waals surface area contributed by atoms with Gasteiger partial charge in [-0.05, 0) is 32.3 Å². The Morgan fingerprint density at radius 1 is 1.35 bits per heavy atom. The fourth-order valence-corrected chi connectivity index (χ4v) is 2.08. The normalized spacial score (nSPS) is 16.4. The molecule has 20 heavy (non-hydrogen) atoms. The number of carbonyl (C=O) groups is 1. The zero-order valence-corrected chi connectivity index (χ0v) is 11.2. The first kappa shape index (κ1) is 14.6. The van der Waals surface area contributed by atoms with Crippen LogP contribution in [0.1, 0.15) is 15.9 Å². The topological polar surface area (TPSA) is 49.6 Å². The maximum Gasteiger partial charge on any atom is 0.418 e. The van der Waals surface area contributed by atoms with Gasteiger partial charge >= 0.3 is 6.18 Å². The summed E-state index contributed by atoms with van der Waals surface area (Å²) in [5.74, 6) is -0.288. The number of halogens is 3. The number of carbonyl (C=O) groups excluding carboxylic acids is 1. The van der Waals surface area contributed by atoms with Gasteiger partial charge in [0.05, 0.1) is 5.56 Å². The maximum absolute atomic E-state index is 12.6. The highest BCUT2D eigenvalue weighted by Crippen LogP contribution is 2.34. The van der Waals surface area contributed by atoms with Crippen LogP contribution < -0.4 is 5.73 Å². The van der Waals surface area contributed by atoms with E-state index in [9.17, 15) is 18.0 Å². The van der Waals surface area contributed by atoms with Crippen LogP contribution in [0.2, 0.25) is 0 Å². The minimum absolute atomic E-state index is 0.188. The second kappa shape index (κ2) is 4.97. The lowest BCUT2D eigenvalue weighted by molar-refractivity contribution is -0.136. The highest BCUT2D eigenvalue weighted by atomic mass is 19.4. The molecule has 1 aliphatic rings. The molecule has 2 rings (SSSR count). The molecule has 4 nitrogen and oxygen atoms in total. The van der Waals surface area contributed by atoms with Crippen molar-refractivity contribution in [3.8, 4) is 0 Å². The number of alkyl halides is 3. The minimum Gasteiger partial charge on any atom is -0.398 e. The summed E-state index contributed by atoms with van der Waals surface area (Å²) in [7, 11) is 3.84. The van der Waals surface area contributed by atoms with Gasteiger partial charge < -0.3 is 15.5 Å². The molecule has 0 aliphatic carbocycles. The van der Waals surface area contributed by atoms with E-state index in [1.165, 1.54) is 6.07 Å². The Balaban J connectivity index is 2.11. The van der Waals surface area contributed by atoms with Crippen LogP contribution in [0.5, 0.6) is 0 Å². The van der Waals surface area contributed by atoms with E-state index in [2.05, 4.69) is 0 Å². The van der Waals surface area contributed by atoms with E-state index in [0.717, 1.165) is 12.1 Å². The van der Waals surface area contributed by atoms with E-state index in [1.807, 2.05) is 19.0 Å². The summed E-state index contributed by atoms with van der Waals surface area (Å²) in [6, 6.07) is 3.41. The quantitative estimate of drug-likeness (QED) is 0.842. The van der Waals surface area contributed by atoms with Crippen LogP contribution in [0.3, 0.4) is 0 Å². The Kier molecular flexibility index (Phi) is 3.64. The Morgan fingerprint density at radius 3 is 2.40 bits per heavy atom. The van der Waals surface area contributed by atoms with Crippen molar-refractivity contribution in [1.82, 2.24) is 9.80 Å². The summed E-state index contributed by atoms with van der Waals surface area (Å²) in [5.41, 5.74) is 4.23. The van der Waals surface area contributed by atoms with Crippen molar-refractivity contribution in [2.45, 2.75) is 12.2 Å². The van der Waals surface area contributed by atoms with Gasteiger partial charge in [0.15, 0.2) is 0 Å². The molecule has 1 aromatic rings. The largest absolute Gasteiger partial charge is 0.418 e. The standard InChI is InChI=1S/C13H16F3N3O/c1-18(2)9-6-19(7-9)12(20)8-3-4-10(11(17)5-8)13(14,15)16/h3-5,9H,6-7,17H2,1-2H3. The van der Waals surface area contributed by atoms with Gasteiger partial charge in [-0.15, -0.1) is 0 Å². The molecule has 0 radical (unpaired) electrons. The first-order valence-corrected chi connectivity index (χ1v) is 6.12. The molecule has 0 bridgehead atoms. The fraction of sp³-hybridized carbons (Fsp3) is 0.462. The molecule has 2 N–H and O–H groups in total. The Labute approximate surface area is 114 Å². The molecule has 110 valence electrons. The number of hydrogen-bond acceptors (Lipinski definition) is 3. The van der Waals surface area contributed by atoms with Crippen LogP contribution in [-0.4, -0.2) is 48.9 Å². The molecule has 0 unspecified atom stereocenters. The summed E-state index contributed by atoms with van der Waals surface area (Å²) in [6.45, 7) is 1.15. The average molecular weight is 287 g/mol. The number of rotatable bonds is 2. The molecular weight excluding hydrogens is 271 g/mol. The van der Waals surface area contributed by atoms with Gasteiger partial charge in [0.1, 0.15) is 0 Å². The number of nitrogen functional groups attached to an aromatic ring is 1. The lowest BCUT2D eigenvalue weighted by Gasteiger charge is -2.42. The van der Waals surface area contributed by atoms with Gasteiger partial charge in [0.25, 0.3) is 5.91 Å². The van der Waals surface area contributed by atoms with Crippen molar-refractivity contribution in [2.75, 3.05) is 32.9 Å². The number of anilines is 1. The van der Waals surface area contributed by atoms with Crippen LogP contribution in [0.15, 0.2) is 18.2 Å². The minimum atomic E-state index is -4.50. The average Bonchev–Trinajstić information content (AvgIpc) is 2.24. The smallest absolute Gasteiger partial charge is 0.398 e. The molecule has 1 aromatic carbocycles. The summed E-state index contributed by atoms with van der Waals surface area (Å²) in [4.78, 5) is 15.7. The third kappa shape index (κ3) is 2.72. The summed E-state index contributed by atoms with van der Waals surface area (Å²) in [5, 5.41) is 0. The highest BCUT2D eigenvalue weighted by molar-refractivity contribution is 5.95. The third-order valence-electron chi connectivity index (χ3n) is 3.48. The van der Waals surface area contributed by atoms with E-state index in [1.54, 1.807) is 4.90 Å². The molecule has 0 atom stereocenters. The fourth-order valence-electron chi connectivity index (χ4n) is 2.08. The number of nitrogens with two attached hydrogens (primary N) is 1. The monoisotopic (exact) mass is 287 g/mol. The zero-order chi connectivity index (χ0) is 15.1. The van der Waals surface area contributed by atoms with Crippen molar-refractivity contribution in [3.05, 3.63) is 29.3 Å². The van der Waals surface area contributed by atoms with E-state index < -0.39 is 17.4 Å². The van der Waals surface area contributed by atoms with Gasteiger partial charge in [0, 0.05) is 30.4 Å². The van der Waals surface area contributed by atoms with Crippen molar-refractivity contribution in [3.63, 3.8) is 0 Å². The van der Waals surface area contributed by atoms with Gasteiger partial charge in [-0.2, -0.15) is 13.2 Å². The third-order valence-corrected chi connectivity index (χ3v) is 3.48. The second-order valence-corrected chi connectivity index (χ2v) is 5.13. The number of amides is 1. The molecule has 0 aromatic heterocycles. The maximum atomic E-state index is 12.6. The van der Waals surface area contributed by atoms with Gasteiger partial charge in [0.2, 0.25) is 0 Å². The van der Waals surface area contributed by atoms with E-state index in [0.29, 0.717) is 19.1 Å². The van der Waals surface area contributed by atoms with Crippen molar-refractivity contribution in [2.24, 2.45) is 0 Å². The summed E-state index contributed by atoms with van der Waals surface area (Å²) in [6.07, 6.45) is -4.50. The molecule has 1 amide bonds. The lowest BCUT2D eigenvalue weighted by Crippen LogP contribution is -2.59. The molecule has 1 saturated heterocycles. The van der Waals surface area contributed by atoms with E-state index in [-0.39, 0.29) is 11.5 Å². The molecule has 7 heteroatoms. The van der Waals surface area contributed by atoms with Gasteiger partial charge in [-0.1, -0.05) is 0 Å². The van der Waals surface area contributed by atoms with Crippen LogP contribution in [-0.2, 0) is 6.18 Å². The first-order valence-electron chi connectivity index (χ1n) is 6.12. The van der Waals surface area contributed by atoms with E-state index >= 15 is 0 Å². The Morgan fingerprint density at radius 2 is 1.95 bits per heavy atom. The molecule has 1 fully saturated rings. The molecular formula is C13H16F3N3O. The van der Waals surface area contributed by atoms with Gasteiger partial charge in [-0.3, -0.25) is 4.79 Å². The van der Waals surface area contributed by atoms with Crippen LogP contribution in [0.25, 0.3) is 0 Å². The molecule has 0 spiro atoms. The number of likely N-dealkylation sites (N-methyl/N-ethyl adjacent to an activating group) is 1. The summed E-state index contributed by atoms with van der Waals surface area (Å²) < 4.78 is 37.7. The second-order valence-electron chi connectivity index (χ2n) is 5.13. The zero-order valence-electron chi connectivity index (χ0n) is 11.2. The predicted molar refractivity (Wildman–Crippen MR) is 69.2 cm³/mol. The molecule has 0 saturated carbocycles. The van der Waals surface area contributed by atoms with Crippen LogP contribution >= 0.6 is 0 Å². The predicted octanol–water partition coefficient (Wildman–Crippen LogP) is 1.67. The Bertz CT molecular complexity index is 522. The van der Waals surface area contributed by atoms with Crippen molar-refractivity contribution in [1.29, 1.82) is 0 Å². The van der Waals surface area contributed by atoms with Crippen molar-refractivity contribution < 1.29 is 18.0 Å². The van der Waals surface area contributed by atoms with Gasteiger partial charge in [-0.25, -0.2) is 0 Å². The lowest BCUT2D eigenvalue weighted by atomic mass is 10.0. The number of benzene rings is 1. The van der Waals surface area contributed by atoms with Crippen molar-refractivity contribution >= 4 is 11.6 Å². The summed E-state index contributed by atoms with van der Waals surface area (Å²) >= 11 is 0. The van der Waals surface area contributed by atoms with E-state index in [4.69, 9.17) is 5.73 Å². The molecule has 1 heterocycles. The highest BCUT2D eigenvalue weighted by Gasteiger charge is 2.35. The number of likely N-dealkylation sites (tertiary alicyclic amines) is 1. The SMILES string of the molecule is CN(C)C1CN(C(=O)c2ccc(C(F)(F)F)c(N)c2)C1.